The molecule has 1 amide bonds. The summed E-state index contributed by atoms with van der Waals surface area (Å²) < 4.78 is 29.8. The second kappa shape index (κ2) is 9.85. The lowest BCUT2D eigenvalue weighted by Gasteiger charge is -2.32. The van der Waals surface area contributed by atoms with Gasteiger partial charge >= 0.3 is 0 Å². The van der Waals surface area contributed by atoms with E-state index in [1.165, 1.54) is 0 Å². The Labute approximate surface area is 205 Å². The van der Waals surface area contributed by atoms with Crippen molar-refractivity contribution in [2.24, 2.45) is 0 Å². The van der Waals surface area contributed by atoms with Crippen LogP contribution < -0.4 is 4.72 Å². The van der Waals surface area contributed by atoms with Gasteiger partial charge in [-0.25, -0.2) is 17.8 Å². The second-order valence-electron chi connectivity index (χ2n) is 8.53. The minimum Gasteiger partial charge on any atom is -0.337 e. The Morgan fingerprint density at radius 2 is 1.40 bits per heavy atom. The minimum atomic E-state index is -3.59. The molecule has 3 aromatic carbocycles. The van der Waals surface area contributed by atoms with E-state index in [-0.39, 0.29) is 16.8 Å². The summed E-state index contributed by atoms with van der Waals surface area (Å²) >= 11 is 0. The van der Waals surface area contributed by atoms with Gasteiger partial charge < -0.3 is 4.90 Å². The lowest BCUT2D eigenvalue weighted by Crippen LogP contribution is -2.46. The third-order valence-corrected chi connectivity index (χ3v) is 7.69. The molecular weight excluding hydrogens is 460 g/mol. The smallest absolute Gasteiger partial charge is 0.272 e. The predicted octanol–water partition coefficient (Wildman–Crippen LogP) is 4.12. The fourth-order valence-corrected chi connectivity index (χ4v) is 5.63. The first-order chi connectivity index (χ1) is 17.0. The van der Waals surface area contributed by atoms with Crippen LogP contribution in [0.4, 0.5) is 0 Å². The Balaban J connectivity index is 1.34. The Hall–Kier alpha value is -3.75. The Bertz CT molecular complexity index is 1400. The number of para-hydroxylation sites is 1. The number of rotatable bonds is 6. The lowest BCUT2D eigenvalue weighted by molar-refractivity contribution is 0.0702. The number of carbonyl (C=O) groups excluding carboxylic acids is 1. The van der Waals surface area contributed by atoms with Gasteiger partial charge in [-0.1, -0.05) is 66.7 Å². The fraction of sp³-hybridized carbons (Fsp3) is 0.185. The van der Waals surface area contributed by atoms with Crippen LogP contribution >= 0.6 is 0 Å². The molecule has 35 heavy (non-hydrogen) atoms. The maximum absolute atomic E-state index is 13.6. The molecule has 0 radical (unpaired) electrons. The summed E-state index contributed by atoms with van der Waals surface area (Å²) in [5.74, 6) is -0.118. The summed E-state index contributed by atoms with van der Waals surface area (Å²) in [5.41, 5.74) is 2.95. The van der Waals surface area contributed by atoms with Crippen molar-refractivity contribution in [3.05, 3.63) is 103 Å². The molecule has 4 aromatic rings. The highest BCUT2D eigenvalue weighted by Gasteiger charge is 2.29. The van der Waals surface area contributed by atoms with E-state index in [2.05, 4.69) is 4.72 Å². The average Bonchev–Trinajstić information content (AvgIpc) is 3.36. The van der Waals surface area contributed by atoms with Crippen LogP contribution in [0.15, 0.2) is 102 Å². The van der Waals surface area contributed by atoms with E-state index in [9.17, 15) is 13.2 Å². The van der Waals surface area contributed by atoms with Crippen molar-refractivity contribution in [1.29, 1.82) is 0 Å². The molecule has 1 aliphatic rings. The number of piperidine rings is 1. The van der Waals surface area contributed by atoms with Gasteiger partial charge in [0.2, 0.25) is 10.0 Å². The van der Waals surface area contributed by atoms with Crippen LogP contribution in [0.1, 0.15) is 23.3 Å². The molecule has 0 unspecified atom stereocenters. The Morgan fingerprint density at radius 1 is 0.829 bits per heavy atom. The highest BCUT2D eigenvalue weighted by molar-refractivity contribution is 7.89. The molecule has 8 heteroatoms. The molecule has 0 bridgehead atoms. The Kier molecular flexibility index (Phi) is 6.48. The van der Waals surface area contributed by atoms with E-state index >= 15 is 0 Å². The topological polar surface area (TPSA) is 84.3 Å². The lowest BCUT2D eigenvalue weighted by atomic mass is 10.1. The van der Waals surface area contributed by atoms with E-state index in [0.29, 0.717) is 31.6 Å². The molecule has 5 rings (SSSR count). The molecule has 1 aliphatic heterocycles. The zero-order valence-corrected chi connectivity index (χ0v) is 19.9. The molecule has 7 nitrogen and oxygen atoms in total. The average molecular weight is 487 g/mol. The summed E-state index contributed by atoms with van der Waals surface area (Å²) in [5, 5.41) is 4.74. The van der Waals surface area contributed by atoms with Crippen molar-refractivity contribution in [2.75, 3.05) is 13.1 Å². The summed E-state index contributed by atoms with van der Waals surface area (Å²) in [6.07, 6.45) is 1.09. The molecule has 1 fully saturated rings. The van der Waals surface area contributed by atoms with Crippen molar-refractivity contribution < 1.29 is 13.2 Å². The van der Waals surface area contributed by atoms with Crippen molar-refractivity contribution in [3.8, 4) is 16.9 Å². The van der Waals surface area contributed by atoms with Crippen LogP contribution in [0.2, 0.25) is 0 Å². The molecule has 0 atom stereocenters. The van der Waals surface area contributed by atoms with E-state index in [1.54, 1.807) is 39.9 Å². The summed E-state index contributed by atoms with van der Waals surface area (Å²) in [4.78, 5) is 15.6. The molecule has 1 N–H and O–H groups in total. The molecule has 0 aliphatic carbocycles. The van der Waals surface area contributed by atoms with Gasteiger partial charge in [0.15, 0.2) is 0 Å². The number of nitrogens with zero attached hydrogens (tertiary/aromatic N) is 3. The number of carbonyl (C=O) groups is 1. The molecule has 0 saturated carbocycles. The van der Waals surface area contributed by atoms with Gasteiger partial charge in [0.05, 0.1) is 16.3 Å². The highest BCUT2D eigenvalue weighted by Crippen LogP contribution is 2.24. The van der Waals surface area contributed by atoms with Crippen molar-refractivity contribution >= 4 is 15.9 Å². The van der Waals surface area contributed by atoms with Crippen molar-refractivity contribution in [1.82, 2.24) is 19.4 Å². The second-order valence-corrected chi connectivity index (χ2v) is 10.2. The zero-order chi connectivity index (χ0) is 24.3. The number of aromatic nitrogens is 2. The predicted molar refractivity (Wildman–Crippen MR) is 135 cm³/mol. The van der Waals surface area contributed by atoms with E-state index < -0.39 is 10.0 Å². The standard InChI is InChI=1S/C27H26N4O3S/c32-27(30-18-16-22(17-19-30)29-35(33,34)24-14-8-3-9-15-24)26-20-25(21-10-4-1-5-11-21)28-31(26)23-12-6-2-7-13-23/h1-15,20,22,29H,16-19H2. The number of likely N-dealkylation sites (tertiary alicyclic amines) is 1. The van der Waals surface area contributed by atoms with E-state index in [4.69, 9.17) is 5.10 Å². The monoisotopic (exact) mass is 486 g/mol. The first-order valence-electron chi connectivity index (χ1n) is 11.6. The van der Waals surface area contributed by atoms with E-state index in [0.717, 1.165) is 16.9 Å². The minimum absolute atomic E-state index is 0.118. The SMILES string of the molecule is O=C(c1cc(-c2ccccc2)nn1-c1ccccc1)N1CCC(NS(=O)(=O)c2ccccc2)CC1. The maximum Gasteiger partial charge on any atom is 0.272 e. The number of benzene rings is 3. The summed E-state index contributed by atoms with van der Waals surface area (Å²) in [7, 11) is -3.59. The molecule has 0 spiro atoms. The van der Waals surface area contributed by atoms with E-state index in [1.807, 2.05) is 66.7 Å². The summed E-state index contributed by atoms with van der Waals surface area (Å²) in [6, 6.07) is 29.3. The van der Waals surface area contributed by atoms with Gasteiger partial charge in [-0.2, -0.15) is 5.10 Å². The molecular formula is C27H26N4O3S. The van der Waals surface area contributed by atoms with Gasteiger partial charge in [0.25, 0.3) is 5.91 Å². The van der Waals surface area contributed by atoms with Gasteiger partial charge in [-0.15, -0.1) is 0 Å². The van der Waals surface area contributed by atoms with Crippen LogP contribution in [-0.4, -0.2) is 48.1 Å². The maximum atomic E-state index is 13.6. The number of sulfonamides is 1. The molecule has 178 valence electrons. The largest absolute Gasteiger partial charge is 0.337 e. The van der Waals surface area contributed by atoms with Crippen LogP contribution in [0, 0.1) is 0 Å². The van der Waals surface area contributed by atoms with Gasteiger partial charge in [-0.3, -0.25) is 4.79 Å². The third kappa shape index (κ3) is 5.03. The van der Waals surface area contributed by atoms with Gasteiger partial charge in [-0.05, 0) is 43.2 Å². The normalized spacial score (nSPS) is 14.7. The van der Waals surface area contributed by atoms with Crippen molar-refractivity contribution in [3.63, 3.8) is 0 Å². The van der Waals surface area contributed by atoms with Gasteiger partial charge in [0.1, 0.15) is 5.69 Å². The molecule has 2 heterocycles. The first-order valence-corrected chi connectivity index (χ1v) is 13.1. The van der Waals surface area contributed by atoms with Crippen LogP contribution in [0.25, 0.3) is 16.9 Å². The number of nitrogens with one attached hydrogen (secondary N) is 1. The quantitative estimate of drug-likeness (QED) is 0.444. The van der Waals surface area contributed by atoms with Gasteiger partial charge in [0, 0.05) is 24.7 Å². The molecule has 1 saturated heterocycles. The number of hydrogen-bond donors (Lipinski definition) is 1. The van der Waals surface area contributed by atoms with Crippen LogP contribution in [-0.2, 0) is 10.0 Å². The summed E-state index contributed by atoms with van der Waals surface area (Å²) in [6.45, 7) is 0.920. The van der Waals surface area contributed by atoms with Crippen LogP contribution in [0.5, 0.6) is 0 Å². The van der Waals surface area contributed by atoms with Crippen LogP contribution in [0.3, 0.4) is 0 Å². The highest BCUT2D eigenvalue weighted by atomic mass is 32.2. The first kappa shape index (κ1) is 23.0. The molecule has 1 aromatic heterocycles. The third-order valence-electron chi connectivity index (χ3n) is 6.16. The fourth-order valence-electron chi connectivity index (χ4n) is 4.30. The Morgan fingerprint density at radius 3 is 2.03 bits per heavy atom. The number of amides is 1. The van der Waals surface area contributed by atoms with Crippen molar-refractivity contribution in [2.45, 2.75) is 23.8 Å². The zero-order valence-electron chi connectivity index (χ0n) is 19.1. The number of hydrogen-bond acceptors (Lipinski definition) is 4.